The monoisotopic (exact) mass is 343 g/mol. The van der Waals surface area contributed by atoms with Gasteiger partial charge in [0.2, 0.25) is 15.9 Å². The lowest BCUT2D eigenvalue weighted by atomic mass is 10.1. The zero-order valence-corrected chi connectivity index (χ0v) is 14.3. The van der Waals surface area contributed by atoms with E-state index in [0.29, 0.717) is 17.8 Å². The molecule has 1 fully saturated rings. The molecular formula is C14H21N3O3S2. The summed E-state index contributed by atoms with van der Waals surface area (Å²) in [5.74, 6) is 1.86. The third-order valence-electron chi connectivity index (χ3n) is 3.17. The standard InChI is InChI=1S/C14H21N3O3S2/c1-10-3-4-12(17-22(2,19)20)13(7-10)16-14(18)8-11-9-21-6-5-15-11/h3-4,7,11,15,17H,5-6,8-9H2,1-2H3,(H,16,18). The Hall–Kier alpha value is -1.25. The summed E-state index contributed by atoms with van der Waals surface area (Å²) in [7, 11) is -3.39. The van der Waals surface area contributed by atoms with E-state index in [9.17, 15) is 13.2 Å². The van der Waals surface area contributed by atoms with E-state index in [1.807, 2.05) is 18.7 Å². The number of amides is 1. The van der Waals surface area contributed by atoms with Crippen molar-refractivity contribution in [2.45, 2.75) is 19.4 Å². The van der Waals surface area contributed by atoms with Crippen LogP contribution >= 0.6 is 11.8 Å². The van der Waals surface area contributed by atoms with Crippen molar-refractivity contribution in [2.75, 3.05) is 34.3 Å². The maximum absolute atomic E-state index is 12.2. The Labute approximate surface area is 135 Å². The average molecular weight is 343 g/mol. The van der Waals surface area contributed by atoms with Crippen molar-refractivity contribution in [1.29, 1.82) is 0 Å². The van der Waals surface area contributed by atoms with Crippen LogP contribution in [0.3, 0.4) is 0 Å². The molecule has 1 atom stereocenters. The maximum atomic E-state index is 12.2. The minimum Gasteiger partial charge on any atom is -0.324 e. The number of hydrogen-bond acceptors (Lipinski definition) is 5. The van der Waals surface area contributed by atoms with Crippen molar-refractivity contribution in [2.24, 2.45) is 0 Å². The molecule has 0 aromatic heterocycles. The van der Waals surface area contributed by atoms with Gasteiger partial charge in [-0.05, 0) is 24.6 Å². The van der Waals surface area contributed by atoms with Gasteiger partial charge in [0.1, 0.15) is 0 Å². The van der Waals surface area contributed by atoms with Crippen molar-refractivity contribution in [1.82, 2.24) is 5.32 Å². The Morgan fingerprint density at radius 1 is 1.41 bits per heavy atom. The summed E-state index contributed by atoms with van der Waals surface area (Å²) in [6.45, 7) is 2.80. The normalized spacial score (nSPS) is 18.7. The highest BCUT2D eigenvalue weighted by atomic mass is 32.2. The molecule has 1 unspecified atom stereocenters. The van der Waals surface area contributed by atoms with Crippen LogP contribution < -0.4 is 15.4 Å². The summed E-state index contributed by atoms with van der Waals surface area (Å²) in [6.07, 6.45) is 1.46. The van der Waals surface area contributed by atoms with Crippen LogP contribution in [-0.4, -0.2) is 44.7 Å². The lowest BCUT2D eigenvalue weighted by Gasteiger charge is -2.22. The van der Waals surface area contributed by atoms with Gasteiger partial charge in [0.05, 0.1) is 17.6 Å². The third-order valence-corrected chi connectivity index (χ3v) is 4.90. The van der Waals surface area contributed by atoms with Gasteiger partial charge in [-0.25, -0.2) is 8.42 Å². The van der Waals surface area contributed by atoms with Crippen LogP contribution in [0.15, 0.2) is 18.2 Å². The van der Waals surface area contributed by atoms with Crippen LogP contribution in [0, 0.1) is 6.92 Å². The Kier molecular flexibility index (Phi) is 5.71. The van der Waals surface area contributed by atoms with Gasteiger partial charge in [-0.2, -0.15) is 11.8 Å². The first kappa shape index (κ1) is 17.1. The molecule has 6 nitrogen and oxygen atoms in total. The fraction of sp³-hybridized carbons (Fsp3) is 0.500. The minimum absolute atomic E-state index is 0.123. The quantitative estimate of drug-likeness (QED) is 0.752. The fourth-order valence-electron chi connectivity index (χ4n) is 2.23. The molecule has 22 heavy (non-hydrogen) atoms. The van der Waals surface area contributed by atoms with Gasteiger partial charge in [0.15, 0.2) is 0 Å². The lowest BCUT2D eigenvalue weighted by molar-refractivity contribution is -0.116. The van der Waals surface area contributed by atoms with E-state index in [1.54, 1.807) is 18.2 Å². The van der Waals surface area contributed by atoms with Gasteiger partial charge in [-0.1, -0.05) is 6.07 Å². The van der Waals surface area contributed by atoms with Crippen LogP contribution in [0.5, 0.6) is 0 Å². The smallest absolute Gasteiger partial charge is 0.229 e. The second-order valence-electron chi connectivity index (χ2n) is 5.40. The largest absolute Gasteiger partial charge is 0.324 e. The zero-order chi connectivity index (χ0) is 16.2. The lowest BCUT2D eigenvalue weighted by Crippen LogP contribution is -2.40. The second-order valence-corrected chi connectivity index (χ2v) is 8.30. The van der Waals surface area contributed by atoms with E-state index in [1.165, 1.54) is 0 Å². The minimum atomic E-state index is -3.39. The summed E-state index contributed by atoms with van der Waals surface area (Å²) >= 11 is 1.83. The van der Waals surface area contributed by atoms with Gasteiger partial charge in [-0.15, -0.1) is 0 Å². The molecular weight excluding hydrogens is 322 g/mol. The second kappa shape index (κ2) is 7.34. The molecule has 1 saturated heterocycles. The summed E-state index contributed by atoms with van der Waals surface area (Å²) in [5.41, 5.74) is 1.81. The van der Waals surface area contributed by atoms with Gasteiger partial charge < -0.3 is 10.6 Å². The molecule has 1 amide bonds. The van der Waals surface area contributed by atoms with E-state index in [4.69, 9.17) is 0 Å². The van der Waals surface area contributed by atoms with E-state index >= 15 is 0 Å². The number of carbonyl (C=O) groups excluding carboxylic acids is 1. The molecule has 3 N–H and O–H groups in total. The highest BCUT2D eigenvalue weighted by Gasteiger charge is 2.18. The van der Waals surface area contributed by atoms with Gasteiger partial charge in [-0.3, -0.25) is 9.52 Å². The van der Waals surface area contributed by atoms with Gasteiger partial charge in [0.25, 0.3) is 0 Å². The van der Waals surface area contributed by atoms with E-state index < -0.39 is 10.0 Å². The first-order valence-corrected chi connectivity index (χ1v) is 10.1. The van der Waals surface area contributed by atoms with Crippen molar-refractivity contribution in [3.63, 3.8) is 0 Å². The summed E-state index contributed by atoms with van der Waals surface area (Å²) in [6, 6.07) is 5.37. The predicted molar refractivity (Wildman–Crippen MR) is 92.0 cm³/mol. The molecule has 2 rings (SSSR count). The van der Waals surface area contributed by atoms with Crippen molar-refractivity contribution < 1.29 is 13.2 Å². The SMILES string of the molecule is Cc1ccc(NS(C)(=O)=O)c(NC(=O)CC2CSCCN2)c1. The van der Waals surface area contributed by atoms with Crippen LogP contribution in [0.4, 0.5) is 11.4 Å². The predicted octanol–water partition coefficient (Wildman–Crippen LogP) is 1.40. The molecule has 1 aromatic carbocycles. The highest BCUT2D eigenvalue weighted by Crippen LogP contribution is 2.24. The average Bonchev–Trinajstić information content (AvgIpc) is 2.41. The number of nitrogens with one attached hydrogen (secondary N) is 3. The first-order chi connectivity index (χ1) is 10.3. The molecule has 1 aliphatic rings. The molecule has 8 heteroatoms. The molecule has 0 bridgehead atoms. The fourth-order valence-corrected chi connectivity index (χ4v) is 3.75. The number of carbonyl (C=O) groups is 1. The molecule has 0 saturated carbocycles. The van der Waals surface area contributed by atoms with Crippen molar-refractivity contribution >= 4 is 39.1 Å². The highest BCUT2D eigenvalue weighted by molar-refractivity contribution is 7.99. The number of anilines is 2. The van der Waals surface area contributed by atoms with Crippen LogP contribution in [0.1, 0.15) is 12.0 Å². The molecule has 1 aromatic rings. The van der Waals surface area contributed by atoms with Crippen LogP contribution in [-0.2, 0) is 14.8 Å². The number of sulfonamides is 1. The topological polar surface area (TPSA) is 87.3 Å². The first-order valence-electron chi connectivity index (χ1n) is 7.03. The third kappa shape index (κ3) is 5.51. The van der Waals surface area contributed by atoms with E-state index in [2.05, 4.69) is 15.4 Å². The van der Waals surface area contributed by atoms with E-state index in [-0.39, 0.29) is 11.9 Å². The molecule has 122 valence electrons. The Morgan fingerprint density at radius 3 is 2.82 bits per heavy atom. The number of rotatable bonds is 5. The number of aryl methyl sites for hydroxylation is 1. The van der Waals surface area contributed by atoms with Crippen molar-refractivity contribution in [3.8, 4) is 0 Å². The molecule has 1 heterocycles. The number of hydrogen-bond donors (Lipinski definition) is 3. The van der Waals surface area contributed by atoms with Gasteiger partial charge in [0, 0.05) is 30.5 Å². The van der Waals surface area contributed by atoms with Crippen molar-refractivity contribution in [3.05, 3.63) is 23.8 Å². The summed E-state index contributed by atoms with van der Waals surface area (Å²) in [5, 5.41) is 6.11. The zero-order valence-electron chi connectivity index (χ0n) is 12.7. The Morgan fingerprint density at radius 2 is 2.18 bits per heavy atom. The van der Waals surface area contributed by atoms with Crippen LogP contribution in [0.25, 0.3) is 0 Å². The number of benzene rings is 1. The molecule has 0 spiro atoms. The maximum Gasteiger partial charge on any atom is 0.229 e. The Balaban J connectivity index is 2.06. The molecule has 1 aliphatic heterocycles. The van der Waals surface area contributed by atoms with Crippen LogP contribution in [0.2, 0.25) is 0 Å². The molecule has 0 aliphatic carbocycles. The number of thioether (sulfide) groups is 1. The van der Waals surface area contributed by atoms with Gasteiger partial charge >= 0.3 is 0 Å². The molecule has 0 radical (unpaired) electrons. The summed E-state index contributed by atoms with van der Waals surface area (Å²) in [4.78, 5) is 12.2. The Bertz CT molecular complexity index is 641. The van der Waals surface area contributed by atoms with E-state index in [0.717, 1.165) is 29.9 Å². The summed E-state index contributed by atoms with van der Waals surface area (Å²) < 4.78 is 25.2.